The molecule has 0 fully saturated rings. The van der Waals surface area contributed by atoms with Crippen LogP contribution in [0.5, 0.6) is 5.06 Å². The zero-order valence-corrected chi connectivity index (χ0v) is 11.2. The molecule has 1 aromatic rings. The van der Waals surface area contributed by atoms with Crippen molar-refractivity contribution in [1.29, 1.82) is 0 Å². The lowest BCUT2D eigenvalue weighted by Crippen LogP contribution is -2.25. The zero-order chi connectivity index (χ0) is 10.8. The fourth-order valence-electron chi connectivity index (χ4n) is 1.17. The molecule has 1 aromatic heterocycles. The van der Waals surface area contributed by atoms with E-state index in [2.05, 4.69) is 35.8 Å². The summed E-state index contributed by atoms with van der Waals surface area (Å²) in [5, 5.41) is 0.938. The van der Waals surface area contributed by atoms with E-state index in [0.717, 1.165) is 16.0 Å². The molecule has 0 radical (unpaired) electrons. The van der Waals surface area contributed by atoms with Gasteiger partial charge in [0, 0.05) is 4.88 Å². The van der Waals surface area contributed by atoms with Crippen LogP contribution >= 0.6 is 27.3 Å². The highest BCUT2D eigenvalue weighted by Crippen LogP contribution is 2.37. The van der Waals surface area contributed by atoms with Crippen LogP contribution in [0.25, 0.3) is 0 Å². The van der Waals surface area contributed by atoms with Crippen molar-refractivity contribution in [2.75, 3.05) is 13.7 Å². The van der Waals surface area contributed by atoms with Crippen LogP contribution in [0.4, 0.5) is 0 Å². The lowest BCUT2D eigenvalue weighted by molar-refractivity contribution is 0.379. The second-order valence-corrected chi connectivity index (χ2v) is 6.05. The van der Waals surface area contributed by atoms with Crippen LogP contribution in [0.2, 0.25) is 0 Å². The largest absolute Gasteiger partial charge is 0.486 e. The number of hydrogen-bond acceptors (Lipinski definition) is 3. The van der Waals surface area contributed by atoms with Crippen molar-refractivity contribution in [3.8, 4) is 5.06 Å². The fourth-order valence-corrected chi connectivity index (χ4v) is 3.12. The molecule has 0 aliphatic heterocycles. The van der Waals surface area contributed by atoms with Crippen molar-refractivity contribution in [2.24, 2.45) is 11.1 Å². The molecule has 80 valence electrons. The van der Waals surface area contributed by atoms with E-state index in [9.17, 15) is 0 Å². The Bertz CT molecular complexity index is 309. The van der Waals surface area contributed by atoms with Crippen LogP contribution in [0.3, 0.4) is 0 Å². The number of halogens is 1. The van der Waals surface area contributed by atoms with Crippen LogP contribution < -0.4 is 10.5 Å². The summed E-state index contributed by atoms with van der Waals surface area (Å²) >= 11 is 5.14. The van der Waals surface area contributed by atoms with Gasteiger partial charge in [0.15, 0.2) is 5.06 Å². The van der Waals surface area contributed by atoms with E-state index in [1.807, 2.05) is 0 Å². The Morgan fingerprint density at radius 2 is 2.21 bits per heavy atom. The Morgan fingerprint density at radius 3 is 2.64 bits per heavy atom. The summed E-state index contributed by atoms with van der Waals surface area (Å²) in [5.74, 6) is 0. The van der Waals surface area contributed by atoms with Crippen LogP contribution in [-0.2, 0) is 6.42 Å². The number of nitrogens with two attached hydrogens (primary N) is 1. The van der Waals surface area contributed by atoms with E-state index in [1.54, 1.807) is 18.4 Å². The zero-order valence-electron chi connectivity index (χ0n) is 8.76. The van der Waals surface area contributed by atoms with Crippen molar-refractivity contribution < 1.29 is 4.74 Å². The molecule has 4 heteroatoms. The highest BCUT2D eigenvalue weighted by atomic mass is 79.9. The summed E-state index contributed by atoms with van der Waals surface area (Å²) in [5.41, 5.74) is 5.86. The Labute approximate surface area is 97.6 Å². The summed E-state index contributed by atoms with van der Waals surface area (Å²) < 4.78 is 6.25. The summed E-state index contributed by atoms with van der Waals surface area (Å²) in [7, 11) is 1.69. The lowest BCUT2D eigenvalue weighted by atomic mass is 9.89. The molecular formula is C10H16BrNOS. The summed E-state index contributed by atoms with van der Waals surface area (Å²) in [6, 6.07) is 2.11. The molecule has 0 amide bonds. The van der Waals surface area contributed by atoms with Crippen LogP contribution in [0.1, 0.15) is 18.7 Å². The first kappa shape index (κ1) is 12.0. The summed E-state index contributed by atoms with van der Waals surface area (Å²) in [4.78, 5) is 1.31. The molecule has 0 saturated heterocycles. The van der Waals surface area contributed by atoms with Crippen LogP contribution in [-0.4, -0.2) is 13.7 Å². The van der Waals surface area contributed by atoms with Gasteiger partial charge >= 0.3 is 0 Å². The molecule has 0 saturated carbocycles. The maximum atomic E-state index is 5.69. The standard InChI is InChI=1S/C10H16BrNOS/c1-10(2,6-12)5-7-4-8(11)9(13-3)14-7/h4H,5-6,12H2,1-3H3. The third kappa shape index (κ3) is 2.97. The predicted octanol–water partition coefficient (Wildman–Crippen LogP) is 3.05. The normalized spacial score (nSPS) is 11.8. The Balaban J connectivity index is 2.77. The molecule has 14 heavy (non-hydrogen) atoms. The van der Waals surface area contributed by atoms with Crippen LogP contribution in [0.15, 0.2) is 10.5 Å². The topological polar surface area (TPSA) is 35.2 Å². The number of ether oxygens (including phenoxy) is 1. The van der Waals surface area contributed by atoms with E-state index in [0.29, 0.717) is 6.54 Å². The minimum absolute atomic E-state index is 0.162. The number of hydrogen-bond donors (Lipinski definition) is 1. The van der Waals surface area contributed by atoms with Gasteiger partial charge in [-0.25, -0.2) is 0 Å². The van der Waals surface area contributed by atoms with Crippen molar-refractivity contribution in [3.63, 3.8) is 0 Å². The van der Waals surface area contributed by atoms with Gasteiger partial charge in [-0.05, 0) is 40.4 Å². The molecule has 2 nitrogen and oxygen atoms in total. The maximum absolute atomic E-state index is 5.69. The molecule has 1 rings (SSSR count). The average molecular weight is 278 g/mol. The fraction of sp³-hybridized carbons (Fsp3) is 0.600. The molecule has 0 spiro atoms. The van der Waals surface area contributed by atoms with E-state index in [1.165, 1.54) is 4.88 Å². The van der Waals surface area contributed by atoms with Crippen molar-refractivity contribution in [3.05, 3.63) is 15.4 Å². The number of methoxy groups -OCH3 is 1. The van der Waals surface area contributed by atoms with Crippen LogP contribution in [0, 0.1) is 5.41 Å². The number of rotatable bonds is 4. The van der Waals surface area contributed by atoms with Gasteiger partial charge in [0.25, 0.3) is 0 Å². The Kier molecular flexibility index (Phi) is 3.98. The highest BCUT2D eigenvalue weighted by molar-refractivity contribution is 9.10. The molecule has 0 aromatic carbocycles. The second-order valence-electron chi connectivity index (χ2n) is 4.10. The molecule has 0 aliphatic carbocycles. The molecular weight excluding hydrogens is 262 g/mol. The van der Waals surface area contributed by atoms with Gasteiger partial charge in [0.2, 0.25) is 0 Å². The van der Waals surface area contributed by atoms with Gasteiger partial charge in [0.05, 0.1) is 11.6 Å². The van der Waals surface area contributed by atoms with Gasteiger partial charge in [-0.3, -0.25) is 0 Å². The molecule has 0 aliphatic rings. The molecule has 2 N–H and O–H groups in total. The minimum Gasteiger partial charge on any atom is -0.486 e. The second kappa shape index (κ2) is 4.64. The van der Waals surface area contributed by atoms with E-state index >= 15 is 0 Å². The third-order valence-corrected chi connectivity index (χ3v) is 4.05. The molecule has 0 unspecified atom stereocenters. The van der Waals surface area contributed by atoms with Gasteiger partial charge in [-0.1, -0.05) is 13.8 Å². The van der Waals surface area contributed by atoms with Gasteiger partial charge in [-0.2, -0.15) is 0 Å². The minimum atomic E-state index is 0.162. The first-order chi connectivity index (χ1) is 6.48. The van der Waals surface area contributed by atoms with Gasteiger partial charge < -0.3 is 10.5 Å². The maximum Gasteiger partial charge on any atom is 0.188 e. The first-order valence-electron chi connectivity index (χ1n) is 4.51. The summed E-state index contributed by atoms with van der Waals surface area (Å²) in [6.07, 6.45) is 0.996. The Hall–Kier alpha value is -0.0600. The monoisotopic (exact) mass is 277 g/mol. The summed E-state index contributed by atoms with van der Waals surface area (Å²) in [6.45, 7) is 5.05. The first-order valence-corrected chi connectivity index (χ1v) is 6.12. The van der Waals surface area contributed by atoms with Gasteiger partial charge in [0.1, 0.15) is 0 Å². The van der Waals surface area contributed by atoms with E-state index < -0.39 is 0 Å². The molecule has 1 heterocycles. The number of thiophene rings is 1. The predicted molar refractivity (Wildman–Crippen MR) is 65.1 cm³/mol. The van der Waals surface area contributed by atoms with E-state index in [-0.39, 0.29) is 5.41 Å². The smallest absolute Gasteiger partial charge is 0.188 e. The van der Waals surface area contributed by atoms with Gasteiger partial charge in [-0.15, -0.1) is 11.3 Å². The SMILES string of the molecule is COc1sc(CC(C)(C)CN)cc1Br. The quantitative estimate of drug-likeness (QED) is 0.918. The van der Waals surface area contributed by atoms with Crippen molar-refractivity contribution in [1.82, 2.24) is 0 Å². The van der Waals surface area contributed by atoms with Crippen molar-refractivity contribution in [2.45, 2.75) is 20.3 Å². The lowest BCUT2D eigenvalue weighted by Gasteiger charge is -2.20. The van der Waals surface area contributed by atoms with Crippen molar-refractivity contribution >= 4 is 27.3 Å². The molecule has 0 atom stereocenters. The Morgan fingerprint density at radius 1 is 1.57 bits per heavy atom. The highest BCUT2D eigenvalue weighted by Gasteiger charge is 2.18. The average Bonchev–Trinajstić information content (AvgIpc) is 2.45. The molecule has 0 bridgehead atoms. The van der Waals surface area contributed by atoms with E-state index in [4.69, 9.17) is 10.5 Å². The third-order valence-electron chi connectivity index (χ3n) is 2.10.